The molecule has 0 spiro atoms. The van der Waals surface area contributed by atoms with Gasteiger partial charge < -0.3 is 4.74 Å². The molecule has 1 atom stereocenters. The highest BCUT2D eigenvalue weighted by atomic mass is 79.9. The number of ether oxygens (including phenoxy) is 1. The van der Waals surface area contributed by atoms with E-state index < -0.39 is 0 Å². The molecule has 1 unspecified atom stereocenters. The van der Waals surface area contributed by atoms with Crippen LogP contribution >= 0.6 is 15.9 Å². The molecule has 0 fully saturated rings. The van der Waals surface area contributed by atoms with Crippen LogP contribution in [0.1, 0.15) is 17.4 Å². The molecule has 0 aliphatic carbocycles. The number of nitrogens with zero attached hydrogens (tertiary/aromatic N) is 3. The maximum atomic E-state index is 5.63. The maximum Gasteiger partial charge on any atom is 0.218 e. The van der Waals surface area contributed by atoms with Crippen LogP contribution < -0.4 is 0 Å². The van der Waals surface area contributed by atoms with Gasteiger partial charge in [0, 0.05) is 11.8 Å². The fourth-order valence-corrected chi connectivity index (χ4v) is 2.14. The molecule has 1 aliphatic heterocycles. The highest BCUT2D eigenvalue weighted by molar-refractivity contribution is 9.10. The lowest BCUT2D eigenvalue weighted by Crippen LogP contribution is -2.08. The van der Waals surface area contributed by atoms with Crippen molar-refractivity contribution in [2.75, 3.05) is 6.61 Å². The molecule has 4 nitrogen and oxygen atoms in total. The normalized spacial score (nSPS) is 18.6. The Hall–Kier alpha value is -1.62. The summed E-state index contributed by atoms with van der Waals surface area (Å²) in [5.41, 5.74) is 1.96. The van der Waals surface area contributed by atoms with Crippen molar-refractivity contribution >= 4 is 21.8 Å². The molecule has 0 saturated carbocycles. The number of aliphatic imine (C=N–C) groups is 1. The molecule has 0 saturated heterocycles. The van der Waals surface area contributed by atoms with E-state index in [1.54, 1.807) is 0 Å². The van der Waals surface area contributed by atoms with E-state index in [1.165, 1.54) is 0 Å². The van der Waals surface area contributed by atoms with Crippen LogP contribution in [-0.4, -0.2) is 22.3 Å². The van der Waals surface area contributed by atoms with Crippen molar-refractivity contribution in [2.24, 2.45) is 4.99 Å². The molecule has 1 aliphatic rings. The molecule has 0 amide bonds. The third kappa shape index (κ3) is 2.06. The van der Waals surface area contributed by atoms with Gasteiger partial charge in [0.25, 0.3) is 0 Å². The SMILES string of the molecule is Cc1nn(C2COC(c3ccccc3)=N2)cc1Br. The quantitative estimate of drug-likeness (QED) is 0.856. The summed E-state index contributed by atoms with van der Waals surface area (Å²) < 4.78 is 8.45. The smallest absolute Gasteiger partial charge is 0.218 e. The molecule has 0 radical (unpaired) electrons. The molecule has 2 heterocycles. The second-order valence-electron chi connectivity index (χ2n) is 4.13. The molecule has 3 rings (SSSR count). The summed E-state index contributed by atoms with van der Waals surface area (Å²) in [4.78, 5) is 4.56. The van der Waals surface area contributed by atoms with Crippen molar-refractivity contribution in [3.05, 3.63) is 52.3 Å². The second-order valence-corrected chi connectivity index (χ2v) is 4.99. The van der Waals surface area contributed by atoms with E-state index in [4.69, 9.17) is 4.74 Å². The van der Waals surface area contributed by atoms with E-state index >= 15 is 0 Å². The Labute approximate surface area is 113 Å². The van der Waals surface area contributed by atoms with Crippen molar-refractivity contribution in [1.29, 1.82) is 0 Å². The summed E-state index contributed by atoms with van der Waals surface area (Å²) >= 11 is 3.45. The van der Waals surface area contributed by atoms with Gasteiger partial charge in [0.1, 0.15) is 6.61 Å². The molecular weight excluding hydrogens is 294 g/mol. The predicted octanol–water partition coefficient (Wildman–Crippen LogP) is 2.93. The molecule has 0 N–H and O–H groups in total. The first kappa shape index (κ1) is 11.5. The standard InChI is InChI=1S/C13H12BrN3O/c1-9-11(14)7-17(16-9)12-8-18-13(15-12)10-5-3-2-4-6-10/h2-7,12H,8H2,1H3. The number of benzene rings is 1. The molecular formula is C13H12BrN3O. The first-order chi connectivity index (χ1) is 8.74. The Morgan fingerprint density at radius 1 is 1.33 bits per heavy atom. The zero-order valence-corrected chi connectivity index (χ0v) is 11.5. The predicted molar refractivity (Wildman–Crippen MR) is 72.6 cm³/mol. The number of aromatic nitrogens is 2. The van der Waals surface area contributed by atoms with Gasteiger partial charge in [-0.05, 0) is 35.0 Å². The molecule has 2 aromatic rings. The van der Waals surface area contributed by atoms with E-state index in [9.17, 15) is 0 Å². The lowest BCUT2D eigenvalue weighted by Gasteiger charge is -2.03. The summed E-state index contributed by atoms with van der Waals surface area (Å²) in [6, 6.07) is 9.91. The van der Waals surface area contributed by atoms with Crippen LogP contribution in [0.15, 0.2) is 46.0 Å². The van der Waals surface area contributed by atoms with Gasteiger partial charge in [0.2, 0.25) is 5.90 Å². The fraction of sp³-hybridized carbons (Fsp3) is 0.231. The van der Waals surface area contributed by atoms with Gasteiger partial charge in [0.15, 0.2) is 6.17 Å². The van der Waals surface area contributed by atoms with Crippen LogP contribution in [0.25, 0.3) is 0 Å². The minimum atomic E-state index is -0.0785. The van der Waals surface area contributed by atoms with Gasteiger partial charge in [0.05, 0.1) is 10.2 Å². The lowest BCUT2D eigenvalue weighted by atomic mass is 10.2. The van der Waals surface area contributed by atoms with Gasteiger partial charge in [-0.3, -0.25) is 0 Å². The highest BCUT2D eigenvalue weighted by Gasteiger charge is 2.22. The fourth-order valence-electron chi connectivity index (χ4n) is 1.85. The summed E-state index contributed by atoms with van der Waals surface area (Å²) in [5, 5.41) is 4.40. The Balaban J connectivity index is 1.88. The molecule has 1 aromatic heterocycles. The van der Waals surface area contributed by atoms with E-state index in [-0.39, 0.29) is 6.17 Å². The topological polar surface area (TPSA) is 39.4 Å². The summed E-state index contributed by atoms with van der Waals surface area (Å²) in [5.74, 6) is 0.685. The largest absolute Gasteiger partial charge is 0.473 e. The van der Waals surface area contributed by atoms with E-state index in [0.717, 1.165) is 15.7 Å². The van der Waals surface area contributed by atoms with E-state index in [0.29, 0.717) is 12.5 Å². The molecule has 0 bridgehead atoms. The summed E-state index contributed by atoms with van der Waals surface area (Å²) in [6.45, 7) is 2.48. The summed E-state index contributed by atoms with van der Waals surface area (Å²) in [7, 11) is 0. The maximum absolute atomic E-state index is 5.63. The molecule has 5 heteroatoms. The summed E-state index contributed by atoms with van der Waals surface area (Å²) in [6.07, 6.45) is 1.85. The van der Waals surface area contributed by atoms with Crippen molar-refractivity contribution in [1.82, 2.24) is 9.78 Å². The first-order valence-electron chi connectivity index (χ1n) is 5.71. The van der Waals surface area contributed by atoms with Gasteiger partial charge in [-0.2, -0.15) is 5.10 Å². The van der Waals surface area contributed by atoms with Crippen molar-refractivity contribution in [3.8, 4) is 0 Å². The Morgan fingerprint density at radius 2 is 2.11 bits per heavy atom. The zero-order valence-electron chi connectivity index (χ0n) is 9.88. The van der Waals surface area contributed by atoms with Crippen LogP contribution in [0, 0.1) is 6.92 Å². The van der Waals surface area contributed by atoms with Gasteiger partial charge in [-0.25, -0.2) is 9.67 Å². The van der Waals surface area contributed by atoms with Crippen LogP contribution in [-0.2, 0) is 4.74 Å². The van der Waals surface area contributed by atoms with Gasteiger partial charge in [-0.15, -0.1) is 0 Å². The van der Waals surface area contributed by atoms with Gasteiger partial charge >= 0.3 is 0 Å². The van der Waals surface area contributed by atoms with Crippen LogP contribution in [0.2, 0.25) is 0 Å². The minimum Gasteiger partial charge on any atom is -0.473 e. The number of rotatable bonds is 2. The lowest BCUT2D eigenvalue weighted by molar-refractivity contribution is 0.277. The van der Waals surface area contributed by atoms with Crippen LogP contribution in [0.4, 0.5) is 0 Å². The zero-order chi connectivity index (χ0) is 12.5. The molecule has 1 aromatic carbocycles. The van der Waals surface area contributed by atoms with Crippen molar-refractivity contribution < 1.29 is 4.74 Å². The van der Waals surface area contributed by atoms with Crippen molar-refractivity contribution in [3.63, 3.8) is 0 Å². The number of aryl methyl sites for hydroxylation is 1. The second kappa shape index (κ2) is 4.57. The highest BCUT2D eigenvalue weighted by Crippen LogP contribution is 2.22. The monoisotopic (exact) mass is 305 g/mol. The molecule has 92 valence electrons. The van der Waals surface area contributed by atoms with E-state index in [1.807, 2.05) is 48.1 Å². The average Bonchev–Trinajstić information content (AvgIpc) is 2.99. The van der Waals surface area contributed by atoms with Crippen molar-refractivity contribution in [2.45, 2.75) is 13.1 Å². The third-order valence-corrected chi connectivity index (χ3v) is 3.60. The molecule has 18 heavy (non-hydrogen) atoms. The Bertz CT molecular complexity index is 572. The number of halogens is 1. The van der Waals surface area contributed by atoms with Gasteiger partial charge in [-0.1, -0.05) is 18.2 Å². The number of hydrogen-bond acceptors (Lipinski definition) is 3. The number of hydrogen-bond donors (Lipinski definition) is 0. The Kier molecular flexibility index (Phi) is 2.91. The average molecular weight is 306 g/mol. The Morgan fingerprint density at radius 3 is 2.78 bits per heavy atom. The van der Waals surface area contributed by atoms with E-state index in [2.05, 4.69) is 26.0 Å². The first-order valence-corrected chi connectivity index (χ1v) is 6.50. The van der Waals surface area contributed by atoms with Crippen LogP contribution in [0.5, 0.6) is 0 Å². The minimum absolute atomic E-state index is 0.0785. The third-order valence-electron chi connectivity index (χ3n) is 2.82. The van der Waals surface area contributed by atoms with Crippen LogP contribution in [0.3, 0.4) is 0 Å².